The fraction of sp³-hybridized carbons (Fsp3) is 0.261. The molecule has 2 heterocycles. The number of nitrogens with zero attached hydrogens (tertiary/aromatic N) is 1. The molecule has 2 amide bonds. The fourth-order valence-electron chi connectivity index (χ4n) is 3.39. The molecule has 32 heavy (non-hydrogen) atoms. The van der Waals surface area contributed by atoms with Crippen molar-refractivity contribution in [2.24, 2.45) is 0 Å². The Hall–Kier alpha value is -3.10. The molecule has 1 unspecified atom stereocenters. The molecule has 3 aromatic rings. The number of amides is 2. The number of fused-ring (bicyclic) bond motifs is 1. The minimum Gasteiger partial charge on any atom is -0.493 e. The standard InChI is InChI=1S/C23H22ClN3O4S/c1-14(28)25-19-8-10-31-21-7-2-15(12-18(19)21)20-13-32-23(26-20)27-22(29)9-11-30-17-5-3-16(24)4-6-17/h2-7,12-13,19H,8-11H2,1H3,(H,25,28)(H,26,27,29). The van der Waals surface area contributed by atoms with Crippen molar-refractivity contribution in [2.75, 3.05) is 18.5 Å². The van der Waals surface area contributed by atoms with Crippen LogP contribution in [0.4, 0.5) is 5.13 Å². The lowest BCUT2D eigenvalue weighted by Crippen LogP contribution is -2.30. The van der Waals surface area contributed by atoms with E-state index in [1.54, 1.807) is 24.3 Å². The van der Waals surface area contributed by atoms with Gasteiger partial charge in [0.1, 0.15) is 11.5 Å². The average molecular weight is 472 g/mol. The third-order valence-corrected chi connectivity index (χ3v) is 5.89. The molecule has 1 aliphatic rings. The van der Waals surface area contributed by atoms with Crippen molar-refractivity contribution in [3.63, 3.8) is 0 Å². The minimum absolute atomic E-state index is 0.0769. The normalized spacial score (nSPS) is 14.8. The summed E-state index contributed by atoms with van der Waals surface area (Å²) in [7, 11) is 0. The van der Waals surface area contributed by atoms with Gasteiger partial charge in [0.05, 0.1) is 31.4 Å². The van der Waals surface area contributed by atoms with Crippen LogP contribution in [0.5, 0.6) is 11.5 Å². The third-order valence-electron chi connectivity index (χ3n) is 4.88. The van der Waals surface area contributed by atoms with Crippen molar-refractivity contribution in [1.29, 1.82) is 0 Å². The summed E-state index contributed by atoms with van der Waals surface area (Å²) in [4.78, 5) is 28.3. The van der Waals surface area contributed by atoms with Gasteiger partial charge in [-0.1, -0.05) is 11.6 Å². The van der Waals surface area contributed by atoms with Gasteiger partial charge >= 0.3 is 0 Å². The zero-order valence-corrected chi connectivity index (χ0v) is 19.0. The van der Waals surface area contributed by atoms with Crippen molar-refractivity contribution in [1.82, 2.24) is 10.3 Å². The van der Waals surface area contributed by atoms with Gasteiger partial charge in [0.15, 0.2) is 5.13 Å². The van der Waals surface area contributed by atoms with E-state index in [0.717, 1.165) is 22.6 Å². The number of thiazole rings is 1. The van der Waals surface area contributed by atoms with E-state index in [1.165, 1.54) is 18.3 Å². The highest BCUT2D eigenvalue weighted by Crippen LogP contribution is 2.36. The second-order valence-corrected chi connectivity index (χ2v) is 8.58. The molecule has 0 saturated carbocycles. The Labute approximate surface area is 194 Å². The highest BCUT2D eigenvalue weighted by atomic mass is 35.5. The molecular formula is C23H22ClN3O4S. The van der Waals surface area contributed by atoms with E-state index < -0.39 is 0 Å². The first-order valence-electron chi connectivity index (χ1n) is 10.2. The predicted molar refractivity (Wildman–Crippen MR) is 124 cm³/mol. The summed E-state index contributed by atoms with van der Waals surface area (Å²) >= 11 is 7.20. The molecule has 1 aliphatic heterocycles. The molecule has 0 bridgehead atoms. The second kappa shape index (κ2) is 10.0. The summed E-state index contributed by atoms with van der Waals surface area (Å²) in [5, 5.41) is 8.82. The number of hydrogen-bond acceptors (Lipinski definition) is 6. The molecule has 0 aliphatic carbocycles. The van der Waals surface area contributed by atoms with Gasteiger partial charge in [0, 0.05) is 34.9 Å². The number of ether oxygens (including phenoxy) is 2. The van der Waals surface area contributed by atoms with E-state index in [9.17, 15) is 9.59 Å². The van der Waals surface area contributed by atoms with Crippen molar-refractivity contribution < 1.29 is 19.1 Å². The van der Waals surface area contributed by atoms with E-state index >= 15 is 0 Å². The maximum Gasteiger partial charge on any atom is 0.229 e. The number of anilines is 1. The molecule has 4 rings (SSSR count). The van der Waals surface area contributed by atoms with Crippen molar-refractivity contribution >= 4 is 39.9 Å². The van der Waals surface area contributed by atoms with Crippen LogP contribution in [0, 0.1) is 0 Å². The number of carbonyl (C=O) groups is 2. The van der Waals surface area contributed by atoms with Gasteiger partial charge in [-0.15, -0.1) is 11.3 Å². The summed E-state index contributed by atoms with van der Waals surface area (Å²) in [5.41, 5.74) is 2.58. The number of hydrogen-bond donors (Lipinski definition) is 2. The van der Waals surface area contributed by atoms with Crippen molar-refractivity contribution in [3.8, 4) is 22.8 Å². The van der Waals surface area contributed by atoms with Gasteiger partial charge in [0.25, 0.3) is 0 Å². The first kappa shape index (κ1) is 22.1. The van der Waals surface area contributed by atoms with E-state index in [0.29, 0.717) is 28.9 Å². The molecule has 9 heteroatoms. The van der Waals surface area contributed by atoms with Crippen LogP contribution in [-0.2, 0) is 9.59 Å². The Bertz CT molecular complexity index is 1120. The first-order chi connectivity index (χ1) is 15.5. The monoisotopic (exact) mass is 471 g/mol. The molecule has 0 radical (unpaired) electrons. The third kappa shape index (κ3) is 5.57. The number of nitrogens with one attached hydrogen (secondary N) is 2. The average Bonchev–Trinajstić information content (AvgIpc) is 3.23. The molecule has 1 atom stereocenters. The van der Waals surface area contributed by atoms with Crippen LogP contribution >= 0.6 is 22.9 Å². The van der Waals surface area contributed by atoms with E-state index in [4.69, 9.17) is 21.1 Å². The molecule has 2 aromatic carbocycles. The molecule has 7 nitrogen and oxygen atoms in total. The fourth-order valence-corrected chi connectivity index (χ4v) is 4.25. The molecule has 1 aromatic heterocycles. The van der Waals surface area contributed by atoms with Gasteiger partial charge in [-0.05, 0) is 42.5 Å². The van der Waals surface area contributed by atoms with Crippen molar-refractivity contribution in [2.45, 2.75) is 25.8 Å². The molecular weight excluding hydrogens is 450 g/mol. The highest BCUT2D eigenvalue weighted by Gasteiger charge is 2.23. The number of benzene rings is 2. The molecule has 0 saturated heterocycles. The largest absolute Gasteiger partial charge is 0.493 e. The lowest BCUT2D eigenvalue weighted by Gasteiger charge is -2.26. The molecule has 0 fully saturated rings. The smallest absolute Gasteiger partial charge is 0.229 e. The summed E-state index contributed by atoms with van der Waals surface area (Å²) in [5.74, 6) is 1.17. The summed E-state index contributed by atoms with van der Waals surface area (Å²) < 4.78 is 11.3. The number of aromatic nitrogens is 1. The second-order valence-electron chi connectivity index (χ2n) is 7.28. The van der Waals surface area contributed by atoms with Crippen LogP contribution in [-0.4, -0.2) is 30.0 Å². The highest BCUT2D eigenvalue weighted by molar-refractivity contribution is 7.14. The lowest BCUT2D eigenvalue weighted by atomic mass is 9.97. The molecule has 0 spiro atoms. The first-order valence-corrected chi connectivity index (χ1v) is 11.4. The predicted octanol–water partition coefficient (Wildman–Crippen LogP) is 4.83. The topological polar surface area (TPSA) is 89.6 Å². The van der Waals surface area contributed by atoms with Gasteiger partial charge in [-0.3, -0.25) is 9.59 Å². The minimum atomic E-state index is -0.176. The SMILES string of the molecule is CC(=O)NC1CCOc2ccc(-c3csc(NC(=O)CCOc4ccc(Cl)cc4)n3)cc21. The maximum absolute atomic E-state index is 12.2. The van der Waals surface area contributed by atoms with E-state index in [1.807, 2.05) is 23.6 Å². The lowest BCUT2D eigenvalue weighted by molar-refractivity contribution is -0.120. The molecule has 2 N–H and O–H groups in total. The Morgan fingerprint density at radius 1 is 1.25 bits per heavy atom. The van der Waals surface area contributed by atoms with Crippen LogP contribution in [0.3, 0.4) is 0 Å². The van der Waals surface area contributed by atoms with Gasteiger partial charge in [-0.2, -0.15) is 0 Å². The number of halogens is 1. The van der Waals surface area contributed by atoms with Crippen LogP contribution in [0.25, 0.3) is 11.3 Å². The zero-order valence-electron chi connectivity index (χ0n) is 17.4. The van der Waals surface area contributed by atoms with Gasteiger partial charge in [0.2, 0.25) is 11.8 Å². The van der Waals surface area contributed by atoms with Crippen LogP contribution in [0.15, 0.2) is 47.8 Å². The van der Waals surface area contributed by atoms with Gasteiger partial charge < -0.3 is 20.1 Å². The Kier molecular flexibility index (Phi) is 6.92. The quantitative estimate of drug-likeness (QED) is 0.515. The summed E-state index contributed by atoms with van der Waals surface area (Å²) in [6.45, 7) is 2.32. The Morgan fingerprint density at radius 2 is 2.06 bits per heavy atom. The van der Waals surface area contributed by atoms with Gasteiger partial charge in [-0.25, -0.2) is 4.98 Å². The van der Waals surface area contributed by atoms with Crippen LogP contribution < -0.4 is 20.1 Å². The molecule has 166 valence electrons. The number of carbonyl (C=O) groups excluding carboxylic acids is 2. The van der Waals surface area contributed by atoms with E-state index in [2.05, 4.69) is 15.6 Å². The maximum atomic E-state index is 12.2. The van der Waals surface area contributed by atoms with Crippen LogP contribution in [0.2, 0.25) is 5.02 Å². The Morgan fingerprint density at radius 3 is 2.84 bits per heavy atom. The number of rotatable bonds is 7. The van der Waals surface area contributed by atoms with Crippen molar-refractivity contribution in [3.05, 3.63) is 58.4 Å². The summed E-state index contributed by atoms with van der Waals surface area (Å²) in [6, 6.07) is 12.7. The van der Waals surface area contributed by atoms with E-state index in [-0.39, 0.29) is 30.9 Å². The summed E-state index contributed by atoms with van der Waals surface area (Å²) in [6.07, 6.45) is 0.915. The Balaban J connectivity index is 1.36. The van der Waals surface area contributed by atoms with Crippen LogP contribution in [0.1, 0.15) is 31.4 Å². The zero-order chi connectivity index (χ0) is 22.5.